The van der Waals surface area contributed by atoms with Crippen LogP contribution in [0.15, 0.2) is 23.3 Å². The van der Waals surface area contributed by atoms with Crippen molar-refractivity contribution in [2.24, 2.45) is 57.2 Å². The van der Waals surface area contributed by atoms with Crippen LogP contribution in [0.4, 0.5) is 0 Å². The van der Waals surface area contributed by atoms with Crippen LogP contribution in [0.25, 0.3) is 0 Å². The highest BCUT2D eigenvalue weighted by Gasteiger charge is 2.61. The molecule has 0 aliphatic heterocycles. The van der Waals surface area contributed by atoms with Gasteiger partial charge in [0.15, 0.2) is 11.6 Å². The number of rotatable bonds is 6. The number of aliphatic hydroxyl groups is 1. The van der Waals surface area contributed by atoms with E-state index in [0.717, 1.165) is 82.0 Å². The monoisotopic (exact) mass is 689 g/mol. The van der Waals surface area contributed by atoms with E-state index >= 15 is 0 Å². The summed E-state index contributed by atoms with van der Waals surface area (Å²) in [5, 5.41) is 10.4. The summed E-state index contributed by atoms with van der Waals surface area (Å²) in [7, 11) is 0. The zero-order valence-electron chi connectivity index (χ0n) is 32.2. The summed E-state index contributed by atoms with van der Waals surface area (Å²) in [6, 6.07) is 0. The van der Waals surface area contributed by atoms with Crippen molar-refractivity contribution >= 4 is 17.5 Å². The summed E-state index contributed by atoms with van der Waals surface area (Å²) in [4.78, 5) is 36.2. The van der Waals surface area contributed by atoms with E-state index in [0.29, 0.717) is 35.7 Å². The Bertz CT molecular complexity index is 1390. The smallest absolute Gasteiger partial charge is 0.306 e. The van der Waals surface area contributed by atoms with Gasteiger partial charge in [-0.3, -0.25) is 14.4 Å². The zero-order valence-corrected chi connectivity index (χ0v) is 32.2. The number of hydrogen-bond acceptors (Lipinski definition) is 5. The summed E-state index contributed by atoms with van der Waals surface area (Å²) < 4.78 is 6.09. The summed E-state index contributed by atoms with van der Waals surface area (Å²) in [6.07, 6.45) is 26.6. The molecule has 0 saturated heterocycles. The zero-order chi connectivity index (χ0) is 35.5. The van der Waals surface area contributed by atoms with Crippen molar-refractivity contribution in [2.75, 3.05) is 0 Å². The lowest BCUT2D eigenvalue weighted by molar-refractivity contribution is -0.160. The van der Waals surface area contributed by atoms with E-state index in [-0.39, 0.29) is 39.8 Å². The molecule has 5 nitrogen and oxygen atoms in total. The molecule has 12 atom stereocenters. The van der Waals surface area contributed by atoms with Crippen molar-refractivity contribution in [1.29, 1.82) is 0 Å². The minimum atomic E-state index is -0.0823. The van der Waals surface area contributed by atoms with Gasteiger partial charge in [0.2, 0.25) is 0 Å². The fraction of sp³-hybridized carbons (Fsp3) is 0.844. The molecule has 8 rings (SSSR count). The second-order valence-electron chi connectivity index (χ2n) is 19.5. The van der Waals surface area contributed by atoms with E-state index in [9.17, 15) is 19.5 Å². The van der Waals surface area contributed by atoms with Gasteiger partial charge in [-0.15, -0.1) is 0 Å². The Labute approximate surface area is 303 Å². The number of aliphatic hydroxyl groups excluding tert-OH is 1. The Hall–Kier alpha value is -1.75. The molecule has 1 N–H and O–H groups in total. The Kier molecular flexibility index (Phi) is 10.2. The quantitative estimate of drug-likeness (QED) is 0.222. The first-order valence-corrected chi connectivity index (χ1v) is 21.2. The van der Waals surface area contributed by atoms with Gasteiger partial charge in [0.1, 0.15) is 6.10 Å². The number of carbonyl (C=O) groups excluding carboxylic acids is 3. The van der Waals surface area contributed by atoms with Crippen LogP contribution in [0, 0.1) is 57.2 Å². The second-order valence-corrected chi connectivity index (χ2v) is 19.5. The topological polar surface area (TPSA) is 80.7 Å². The van der Waals surface area contributed by atoms with E-state index in [1.807, 2.05) is 12.2 Å². The maximum atomic E-state index is 12.5. The molecule has 3 unspecified atom stereocenters. The molecule has 5 heteroatoms. The van der Waals surface area contributed by atoms with Crippen LogP contribution in [0.2, 0.25) is 0 Å². The lowest BCUT2D eigenvalue weighted by Crippen LogP contribution is -2.51. The third-order valence-corrected chi connectivity index (χ3v) is 17.3. The van der Waals surface area contributed by atoms with Gasteiger partial charge in [0, 0.05) is 24.7 Å². The normalized spacial score (nSPS) is 46.0. The molecule has 0 radical (unpaired) electrons. The van der Waals surface area contributed by atoms with Crippen molar-refractivity contribution in [3.8, 4) is 0 Å². The fourth-order valence-corrected chi connectivity index (χ4v) is 14.2. The fourth-order valence-electron chi connectivity index (χ4n) is 14.2. The highest BCUT2D eigenvalue weighted by atomic mass is 16.5. The number of allylic oxidation sites excluding steroid dienone is 2. The van der Waals surface area contributed by atoms with E-state index in [4.69, 9.17) is 4.74 Å². The van der Waals surface area contributed by atoms with Crippen LogP contribution < -0.4 is 0 Å². The number of hydrogen-bond donors (Lipinski definition) is 1. The van der Waals surface area contributed by atoms with Gasteiger partial charge in [0.25, 0.3) is 0 Å². The third kappa shape index (κ3) is 6.13. The molecule has 0 aromatic heterocycles. The highest BCUT2D eigenvalue weighted by molar-refractivity contribution is 5.92. The minimum absolute atomic E-state index is 0.0294. The Morgan fingerprint density at radius 3 is 1.78 bits per heavy atom. The molecule has 8 aliphatic carbocycles. The van der Waals surface area contributed by atoms with E-state index < -0.39 is 0 Å². The van der Waals surface area contributed by atoms with E-state index in [1.165, 1.54) is 75.4 Å². The molecule has 0 aromatic rings. The number of esters is 1. The first-order chi connectivity index (χ1) is 23.8. The molecule has 0 heterocycles. The number of ketones is 2. The first-order valence-electron chi connectivity index (χ1n) is 21.2. The Morgan fingerprint density at radius 1 is 0.660 bits per heavy atom. The summed E-state index contributed by atoms with van der Waals surface area (Å²) in [5.41, 5.74) is 3.71. The predicted molar refractivity (Wildman–Crippen MR) is 198 cm³/mol. The van der Waals surface area contributed by atoms with Gasteiger partial charge < -0.3 is 9.84 Å². The van der Waals surface area contributed by atoms with Gasteiger partial charge in [-0.1, -0.05) is 65.0 Å². The van der Waals surface area contributed by atoms with Crippen molar-refractivity contribution in [1.82, 2.24) is 0 Å². The predicted octanol–water partition coefficient (Wildman–Crippen LogP) is 10.3. The molecule has 278 valence electrons. The number of ether oxygens (including phenoxy) is 1. The lowest BCUT2D eigenvalue weighted by atomic mass is 9.47. The molecular formula is C45H68O5. The van der Waals surface area contributed by atoms with Gasteiger partial charge in [0.05, 0.1) is 6.10 Å². The maximum absolute atomic E-state index is 12.5. The third-order valence-electron chi connectivity index (χ3n) is 17.3. The van der Waals surface area contributed by atoms with Gasteiger partial charge >= 0.3 is 5.97 Å². The van der Waals surface area contributed by atoms with Gasteiger partial charge in [-0.05, 0) is 160 Å². The van der Waals surface area contributed by atoms with Crippen LogP contribution in [-0.2, 0) is 19.1 Å². The maximum Gasteiger partial charge on any atom is 0.306 e. The van der Waals surface area contributed by atoms with Gasteiger partial charge in [-0.25, -0.2) is 0 Å². The highest BCUT2D eigenvalue weighted by Crippen LogP contribution is 2.67. The molecule has 0 bridgehead atoms. The lowest BCUT2D eigenvalue weighted by Gasteiger charge is -2.57. The number of carbonyl (C=O) groups is 3. The Morgan fingerprint density at radius 2 is 1.20 bits per heavy atom. The first kappa shape index (κ1) is 36.6. The van der Waals surface area contributed by atoms with Crippen LogP contribution in [0.5, 0.6) is 0 Å². The molecule has 0 amide bonds. The molecule has 0 spiro atoms. The van der Waals surface area contributed by atoms with E-state index in [2.05, 4.69) is 34.6 Å². The number of fused-ring (bicyclic) bond motifs is 10. The van der Waals surface area contributed by atoms with Crippen molar-refractivity contribution in [2.45, 2.75) is 182 Å². The Balaban J connectivity index is 0.000000165. The minimum Gasteiger partial charge on any atom is -0.462 e. The van der Waals surface area contributed by atoms with Crippen LogP contribution in [-0.4, -0.2) is 34.9 Å². The van der Waals surface area contributed by atoms with Crippen molar-refractivity contribution in [3.05, 3.63) is 23.3 Å². The van der Waals surface area contributed by atoms with Crippen LogP contribution in [0.1, 0.15) is 169 Å². The van der Waals surface area contributed by atoms with Crippen LogP contribution in [0.3, 0.4) is 0 Å². The summed E-state index contributed by atoms with van der Waals surface area (Å²) in [5.74, 6) is 5.06. The average molecular weight is 689 g/mol. The number of unbranched alkanes of at least 4 members (excludes halogenated alkanes) is 3. The molecule has 6 saturated carbocycles. The van der Waals surface area contributed by atoms with Crippen molar-refractivity contribution in [3.63, 3.8) is 0 Å². The van der Waals surface area contributed by atoms with Crippen LogP contribution >= 0.6 is 0 Å². The van der Waals surface area contributed by atoms with E-state index in [1.54, 1.807) is 0 Å². The molecular weight excluding hydrogens is 620 g/mol. The SMILES string of the molecule is CCCCCCC(=O)O[C@H]1CCC2C3CCC4=CC(=O)CC[C@]4(C)C3CC[C@@]21C.C[C@]12CC[C@H]3[C@@H](CCC4=CC(=O)CC[C@@]43C)[C@@H]1CC[C@@H]2O. The molecule has 6 fully saturated rings. The average Bonchev–Trinajstić information content (AvgIpc) is 3.59. The molecule has 0 aromatic carbocycles. The summed E-state index contributed by atoms with van der Waals surface area (Å²) >= 11 is 0. The van der Waals surface area contributed by atoms with Gasteiger partial charge in [-0.2, -0.15) is 0 Å². The summed E-state index contributed by atoms with van der Waals surface area (Å²) in [6.45, 7) is 11.8. The molecule has 8 aliphatic rings. The standard InChI is InChI=1S/C26H40O3.C19H28O2/c1-4-5-6-7-8-24(28)29-23-12-11-21-20-10-9-18-17-19(27)13-15-25(18,2)22(20)14-16-26(21,23)3;1-18-9-7-13(20)11-12(18)3-4-14-15-5-6-17(21)19(15,2)10-8-16(14)18/h17,20-23H,4-16H2,1-3H3;11,14-17,21H,3-10H2,1-2H3/t20?,21?,22?,23-,25-,26-;14-,15-,16-,17-,18-,19-/m00/s1. The van der Waals surface area contributed by atoms with Crippen molar-refractivity contribution < 1.29 is 24.2 Å². The second kappa shape index (κ2) is 13.9. The molecule has 50 heavy (non-hydrogen) atoms. The largest absolute Gasteiger partial charge is 0.462 e.